The van der Waals surface area contributed by atoms with Crippen LogP contribution >= 0.6 is 0 Å². The number of hydrogen-bond donors (Lipinski definition) is 4. The van der Waals surface area contributed by atoms with Crippen molar-refractivity contribution in [3.63, 3.8) is 0 Å². The van der Waals surface area contributed by atoms with Crippen LogP contribution in [-0.2, 0) is 14.3 Å². The molecule has 7 nitrogen and oxygen atoms in total. The summed E-state index contributed by atoms with van der Waals surface area (Å²) in [7, 11) is 1.79. The summed E-state index contributed by atoms with van der Waals surface area (Å²) in [4.78, 5) is 11.6. The fourth-order valence-corrected chi connectivity index (χ4v) is 4.12. The van der Waals surface area contributed by atoms with Crippen LogP contribution in [0.25, 0.3) is 0 Å². The maximum atomic E-state index is 11.6. The molecule has 0 aromatic carbocycles. The van der Waals surface area contributed by atoms with Gasteiger partial charge in [0, 0.05) is 24.3 Å². The van der Waals surface area contributed by atoms with Gasteiger partial charge in [-0.1, -0.05) is 27.7 Å². The quantitative estimate of drug-likeness (QED) is 0.437. The van der Waals surface area contributed by atoms with Crippen LogP contribution < -0.4 is 5.32 Å². The third-order valence-electron chi connectivity index (χ3n) is 6.11. The number of rotatable bonds is 10. The fourth-order valence-electron chi connectivity index (χ4n) is 4.12. The molecule has 0 radical (unpaired) electrons. The fraction of sp³-hybridized carbons (Fsp3) is 0.952. The Morgan fingerprint density at radius 1 is 1.32 bits per heavy atom. The van der Waals surface area contributed by atoms with E-state index in [4.69, 9.17) is 9.47 Å². The Labute approximate surface area is 169 Å². The zero-order valence-electron chi connectivity index (χ0n) is 18.7. The molecule has 1 aliphatic rings. The van der Waals surface area contributed by atoms with Gasteiger partial charge in [0.2, 0.25) is 0 Å². The SMILES string of the molecule is CNC1C[C@H](O[C@H](C(C)C)[C@H](C)[C@@H](O)[C@](C)(O)C[C@@H](C)C(C)=O)OC(C)[C@H]1O. The summed E-state index contributed by atoms with van der Waals surface area (Å²) in [6.07, 6.45) is -2.25. The standard InChI is InChI=1S/C21H41NO6/c1-11(2)19(28-17-9-16(22-8)18(24)15(6)27-17)13(4)20(25)21(7,26)10-12(3)14(5)23/h11-13,15-20,22,24-26H,9-10H2,1-8H3/t12-,13+,15?,16?,17+,18-,19-,20-,21-/m1/s1. The van der Waals surface area contributed by atoms with Crippen molar-refractivity contribution >= 4 is 5.78 Å². The van der Waals surface area contributed by atoms with Crippen molar-refractivity contribution in [2.75, 3.05) is 7.05 Å². The zero-order valence-corrected chi connectivity index (χ0v) is 18.7. The number of nitrogens with one attached hydrogen (secondary N) is 1. The van der Waals surface area contributed by atoms with E-state index in [2.05, 4.69) is 5.32 Å². The van der Waals surface area contributed by atoms with Gasteiger partial charge in [-0.25, -0.2) is 0 Å². The van der Waals surface area contributed by atoms with Gasteiger partial charge in [0.15, 0.2) is 6.29 Å². The summed E-state index contributed by atoms with van der Waals surface area (Å²) >= 11 is 0. The number of ether oxygens (including phenoxy) is 2. The number of ketones is 1. The maximum absolute atomic E-state index is 11.6. The number of hydrogen-bond acceptors (Lipinski definition) is 7. The van der Waals surface area contributed by atoms with Crippen molar-refractivity contribution < 1.29 is 29.6 Å². The number of aliphatic hydroxyl groups excluding tert-OH is 2. The molecule has 0 saturated carbocycles. The number of carbonyl (C=O) groups is 1. The Balaban J connectivity index is 2.88. The van der Waals surface area contributed by atoms with E-state index in [1.165, 1.54) is 6.92 Å². The Kier molecular flexibility index (Phi) is 9.51. The molecule has 7 heteroatoms. The molecule has 4 N–H and O–H groups in total. The Morgan fingerprint density at radius 2 is 1.89 bits per heavy atom. The second kappa shape index (κ2) is 10.5. The van der Waals surface area contributed by atoms with Gasteiger partial charge >= 0.3 is 0 Å². The first-order valence-corrected chi connectivity index (χ1v) is 10.4. The molecule has 166 valence electrons. The van der Waals surface area contributed by atoms with Gasteiger partial charge in [-0.2, -0.15) is 0 Å². The van der Waals surface area contributed by atoms with Gasteiger partial charge in [-0.3, -0.25) is 4.79 Å². The summed E-state index contributed by atoms with van der Waals surface area (Å²) in [5, 5.41) is 35.0. The Hall–Kier alpha value is -0.570. The van der Waals surface area contributed by atoms with E-state index < -0.39 is 24.1 Å². The van der Waals surface area contributed by atoms with Crippen LogP contribution in [0.15, 0.2) is 0 Å². The lowest BCUT2D eigenvalue weighted by atomic mass is 9.78. The highest BCUT2D eigenvalue weighted by molar-refractivity contribution is 5.77. The Morgan fingerprint density at radius 3 is 2.36 bits per heavy atom. The highest BCUT2D eigenvalue weighted by Crippen LogP contribution is 2.32. The average molecular weight is 404 g/mol. The number of likely N-dealkylation sites (N-methyl/N-ethyl adjacent to an activating group) is 1. The number of carbonyl (C=O) groups excluding carboxylic acids is 1. The van der Waals surface area contributed by atoms with E-state index >= 15 is 0 Å². The minimum Gasteiger partial charge on any atom is -0.390 e. The molecule has 1 rings (SSSR count). The molecule has 9 atom stereocenters. The molecule has 0 aliphatic carbocycles. The first-order chi connectivity index (χ1) is 12.8. The molecule has 1 heterocycles. The van der Waals surface area contributed by atoms with Gasteiger partial charge in [0.25, 0.3) is 0 Å². The molecular formula is C21H41NO6. The minimum atomic E-state index is -1.41. The highest BCUT2D eigenvalue weighted by Gasteiger charge is 2.43. The van der Waals surface area contributed by atoms with Crippen LogP contribution in [0.2, 0.25) is 0 Å². The molecule has 0 aromatic rings. The van der Waals surface area contributed by atoms with Gasteiger partial charge in [0.1, 0.15) is 5.78 Å². The molecular weight excluding hydrogens is 362 g/mol. The number of aliphatic hydroxyl groups is 3. The van der Waals surface area contributed by atoms with Gasteiger partial charge < -0.3 is 30.1 Å². The molecule has 1 fully saturated rings. The van der Waals surface area contributed by atoms with Crippen LogP contribution in [0.4, 0.5) is 0 Å². The lowest BCUT2D eigenvalue weighted by molar-refractivity contribution is -0.261. The van der Waals surface area contributed by atoms with Crippen molar-refractivity contribution in [3.8, 4) is 0 Å². The first-order valence-electron chi connectivity index (χ1n) is 10.4. The second-order valence-electron chi connectivity index (χ2n) is 9.11. The summed E-state index contributed by atoms with van der Waals surface area (Å²) in [5.74, 6) is -0.661. The molecule has 2 unspecified atom stereocenters. The van der Waals surface area contributed by atoms with Crippen molar-refractivity contribution in [1.82, 2.24) is 5.32 Å². The van der Waals surface area contributed by atoms with Crippen molar-refractivity contribution in [2.45, 2.75) is 104 Å². The minimum absolute atomic E-state index is 0.0157. The molecule has 1 saturated heterocycles. The monoisotopic (exact) mass is 403 g/mol. The van der Waals surface area contributed by atoms with Crippen LogP contribution in [-0.4, -0.2) is 70.5 Å². The molecule has 0 aromatic heterocycles. The molecule has 0 spiro atoms. The summed E-state index contributed by atoms with van der Waals surface area (Å²) in [5.41, 5.74) is -1.41. The van der Waals surface area contributed by atoms with Crippen molar-refractivity contribution in [2.24, 2.45) is 17.8 Å². The highest BCUT2D eigenvalue weighted by atomic mass is 16.7. The normalized spacial score (nSPS) is 32.4. The smallest absolute Gasteiger partial charge is 0.160 e. The predicted molar refractivity (Wildman–Crippen MR) is 108 cm³/mol. The lowest BCUT2D eigenvalue weighted by Gasteiger charge is -2.43. The average Bonchev–Trinajstić information content (AvgIpc) is 2.60. The van der Waals surface area contributed by atoms with Crippen LogP contribution in [0.1, 0.15) is 61.3 Å². The van der Waals surface area contributed by atoms with E-state index in [9.17, 15) is 20.1 Å². The molecule has 0 bridgehead atoms. The van der Waals surface area contributed by atoms with Crippen LogP contribution in [0, 0.1) is 17.8 Å². The zero-order chi connectivity index (χ0) is 21.8. The third-order valence-corrected chi connectivity index (χ3v) is 6.11. The van der Waals surface area contributed by atoms with E-state index in [0.29, 0.717) is 6.42 Å². The van der Waals surface area contributed by atoms with E-state index in [-0.39, 0.29) is 48.2 Å². The summed E-state index contributed by atoms with van der Waals surface area (Å²) in [6.45, 7) is 12.5. The molecule has 0 amide bonds. The second-order valence-corrected chi connectivity index (χ2v) is 9.11. The van der Waals surface area contributed by atoms with Crippen molar-refractivity contribution in [1.29, 1.82) is 0 Å². The van der Waals surface area contributed by atoms with Gasteiger partial charge in [-0.05, 0) is 40.2 Å². The van der Waals surface area contributed by atoms with E-state index in [1.807, 2.05) is 20.8 Å². The summed E-state index contributed by atoms with van der Waals surface area (Å²) in [6, 6.07) is -0.138. The molecule has 1 aliphatic heterocycles. The topological polar surface area (TPSA) is 108 Å². The summed E-state index contributed by atoms with van der Waals surface area (Å²) < 4.78 is 12.0. The van der Waals surface area contributed by atoms with Crippen molar-refractivity contribution in [3.05, 3.63) is 0 Å². The number of Topliss-reactive ketones (excluding diaryl/α,β-unsaturated/α-hetero) is 1. The lowest BCUT2D eigenvalue weighted by Crippen LogP contribution is -2.55. The first kappa shape index (κ1) is 25.5. The van der Waals surface area contributed by atoms with Crippen LogP contribution in [0.5, 0.6) is 0 Å². The predicted octanol–water partition coefficient (Wildman–Crippen LogP) is 1.47. The van der Waals surface area contributed by atoms with Crippen LogP contribution in [0.3, 0.4) is 0 Å². The van der Waals surface area contributed by atoms with E-state index in [0.717, 1.165) is 0 Å². The molecule has 28 heavy (non-hydrogen) atoms. The van der Waals surface area contributed by atoms with E-state index in [1.54, 1.807) is 27.8 Å². The largest absolute Gasteiger partial charge is 0.390 e. The maximum Gasteiger partial charge on any atom is 0.160 e. The Bertz CT molecular complexity index is 497. The van der Waals surface area contributed by atoms with Gasteiger partial charge in [0.05, 0.1) is 30.0 Å². The van der Waals surface area contributed by atoms with Gasteiger partial charge in [-0.15, -0.1) is 0 Å². The third kappa shape index (κ3) is 6.47.